The molecule has 0 fully saturated rings. The fourth-order valence-electron chi connectivity index (χ4n) is 1.82. The van der Waals surface area contributed by atoms with E-state index in [0.717, 1.165) is 0 Å². The van der Waals surface area contributed by atoms with E-state index in [0.29, 0.717) is 10.8 Å². The van der Waals surface area contributed by atoms with E-state index < -0.39 is 12.3 Å². The first-order chi connectivity index (χ1) is 9.38. The number of halogens is 1. The Balaban J connectivity index is 2.28. The van der Waals surface area contributed by atoms with Gasteiger partial charge in [0.25, 0.3) is 0 Å². The highest BCUT2D eigenvalue weighted by Crippen LogP contribution is 2.31. The second-order valence-corrected chi connectivity index (χ2v) is 6.22. The number of rotatable bonds is 4. The first kappa shape index (κ1) is 14.9. The summed E-state index contributed by atoms with van der Waals surface area (Å²) in [5.74, 6) is 0.611. The molecule has 1 aromatic carbocycles. The summed E-state index contributed by atoms with van der Waals surface area (Å²) in [5, 5.41) is 11.1. The average Bonchev–Trinajstić information content (AvgIpc) is 2.87. The number of aliphatic hydroxyl groups excluding tert-OH is 1. The van der Waals surface area contributed by atoms with Crippen molar-refractivity contribution in [3.05, 3.63) is 48.0 Å². The van der Waals surface area contributed by atoms with Gasteiger partial charge in [0.2, 0.25) is 6.23 Å². The van der Waals surface area contributed by atoms with E-state index in [1.165, 1.54) is 0 Å². The number of nitrogens with zero attached hydrogens (tertiary/aromatic N) is 2. The monoisotopic (exact) mass is 294 g/mol. The van der Waals surface area contributed by atoms with Crippen LogP contribution in [0.25, 0.3) is 0 Å². The van der Waals surface area contributed by atoms with Crippen LogP contribution >= 0.6 is 11.6 Å². The summed E-state index contributed by atoms with van der Waals surface area (Å²) in [6.07, 6.45) is 3.80. The first-order valence-electron chi connectivity index (χ1n) is 6.45. The van der Waals surface area contributed by atoms with E-state index in [1.807, 2.05) is 32.9 Å². The number of ether oxygens (including phenoxy) is 1. The zero-order chi connectivity index (χ0) is 14.8. The third-order valence-corrected chi connectivity index (χ3v) is 3.26. The lowest BCUT2D eigenvalue weighted by Crippen LogP contribution is -2.38. The molecule has 1 aromatic heterocycles. The quantitative estimate of drug-likeness (QED) is 0.938. The lowest BCUT2D eigenvalue weighted by molar-refractivity contribution is -0.0674. The van der Waals surface area contributed by atoms with Gasteiger partial charge in [0.15, 0.2) is 0 Å². The minimum absolute atomic E-state index is 0.326. The van der Waals surface area contributed by atoms with Crippen LogP contribution in [0.3, 0.4) is 0 Å². The molecule has 1 N–H and O–H groups in total. The second-order valence-electron chi connectivity index (χ2n) is 5.79. The van der Waals surface area contributed by atoms with Crippen LogP contribution in [0.4, 0.5) is 0 Å². The van der Waals surface area contributed by atoms with E-state index in [4.69, 9.17) is 16.3 Å². The molecule has 5 heteroatoms. The highest BCUT2D eigenvalue weighted by molar-refractivity contribution is 6.30. The number of aromatic nitrogens is 2. The van der Waals surface area contributed by atoms with Crippen molar-refractivity contribution in [3.63, 3.8) is 0 Å². The maximum Gasteiger partial charge on any atom is 0.203 e. The fourth-order valence-corrected chi connectivity index (χ4v) is 2.00. The first-order valence-corrected chi connectivity index (χ1v) is 6.83. The predicted octanol–water partition coefficient (Wildman–Crippen LogP) is 3.52. The van der Waals surface area contributed by atoms with Gasteiger partial charge >= 0.3 is 0 Å². The third-order valence-electron chi connectivity index (χ3n) is 3.03. The Morgan fingerprint density at radius 3 is 2.65 bits per heavy atom. The van der Waals surface area contributed by atoms with Crippen LogP contribution in [0.5, 0.6) is 5.75 Å². The number of imidazole rings is 1. The Labute approximate surface area is 124 Å². The molecule has 0 aliphatic rings. The summed E-state index contributed by atoms with van der Waals surface area (Å²) in [5.41, 5.74) is -0.326. The number of hydrogen-bond acceptors (Lipinski definition) is 3. The van der Waals surface area contributed by atoms with Gasteiger partial charge < -0.3 is 9.84 Å². The molecule has 0 bridgehead atoms. The third kappa shape index (κ3) is 3.52. The normalized spacial score (nSPS) is 14.8. The molecule has 0 aliphatic carbocycles. The molecule has 2 unspecified atom stereocenters. The SMILES string of the molecule is CC(C)(C)C(O)C(Oc1cccc(Cl)c1)n1ccnc1. The number of aliphatic hydroxyl groups is 1. The van der Waals surface area contributed by atoms with Crippen molar-refractivity contribution in [2.24, 2.45) is 5.41 Å². The van der Waals surface area contributed by atoms with E-state index in [1.54, 1.807) is 35.4 Å². The summed E-state index contributed by atoms with van der Waals surface area (Å²) in [6.45, 7) is 5.88. The molecule has 0 spiro atoms. The van der Waals surface area contributed by atoms with Gasteiger partial charge in [-0.3, -0.25) is 4.57 Å². The van der Waals surface area contributed by atoms with Crippen LogP contribution in [0.15, 0.2) is 43.0 Å². The van der Waals surface area contributed by atoms with E-state index in [9.17, 15) is 5.11 Å². The molecule has 108 valence electrons. The lowest BCUT2D eigenvalue weighted by Gasteiger charge is -2.33. The van der Waals surface area contributed by atoms with E-state index >= 15 is 0 Å². The van der Waals surface area contributed by atoms with E-state index in [-0.39, 0.29) is 5.41 Å². The van der Waals surface area contributed by atoms with Gasteiger partial charge in [0.1, 0.15) is 11.9 Å². The summed E-state index contributed by atoms with van der Waals surface area (Å²) in [7, 11) is 0. The summed E-state index contributed by atoms with van der Waals surface area (Å²) >= 11 is 5.96. The molecule has 0 radical (unpaired) electrons. The standard InChI is InChI=1S/C15H19ClN2O2/c1-15(2,3)13(19)14(18-8-7-17-10-18)20-12-6-4-5-11(16)9-12/h4-10,13-14,19H,1-3H3. The predicted molar refractivity (Wildman–Crippen MR) is 78.8 cm³/mol. The largest absolute Gasteiger partial charge is 0.467 e. The Kier molecular flexibility index (Phi) is 4.35. The van der Waals surface area contributed by atoms with Crippen molar-refractivity contribution in [3.8, 4) is 5.75 Å². The Hall–Kier alpha value is -1.52. The van der Waals surface area contributed by atoms with Crippen LogP contribution in [-0.2, 0) is 0 Å². The maximum absolute atomic E-state index is 10.5. The molecular formula is C15H19ClN2O2. The zero-order valence-corrected chi connectivity index (χ0v) is 12.6. The molecule has 20 heavy (non-hydrogen) atoms. The molecule has 2 aromatic rings. The molecule has 0 saturated heterocycles. The fraction of sp³-hybridized carbons (Fsp3) is 0.400. The Bertz CT molecular complexity index is 549. The maximum atomic E-state index is 10.5. The lowest BCUT2D eigenvalue weighted by atomic mass is 9.88. The van der Waals surface area contributed by atoms with Gasteiger partial charge in [0, 0.05) is 17.4 Å². The van der Waals surface area contributed by atoms with Crippen molar-refractivity contribution >= 4 is 11.6 Å². The van der Waals surface area contributed by atoms with Crippen LogP contribution in [0.2, 0.25) is 5.02 Å². The van der Waals surface area contributed by atoms with Crippen LogP contribution in [0.1, 0.15) is 27.0 Å². The van der Waals surface area contributed by atoms with Crippen LogP contribution in [0, 0.1) is 5.41 Å². The molecule has 0 saturated carbocycles. The van der Waals surface area contributed by atoms with Crippen molar-refractivity contribution in [1.82, 2.24) is 9.55 Å². The molecular weight excluding hydrogens is 276 g/mol. The summed E-state index contributed by atoms with van der Waals surface area (Å²) < 4.78 is 7.66. The smallest absolute Gasteiger partial charge is 0.203 e. The van der Waals surface area contributed by atoms with Gasteiger partial charge in [-0.15, -0.1) is 0 Å². The van der Waals surface area contributed by atoms with Crippen molar-refractivity contribution in [2.75, 3.05) is 0 Å². The second kappa shape index (κ2) is 5.85. The number of benzene rings is 1. The highest BCUT2D eigenvalue weighted by Gasteiger charge is 2.33. The highest BCUT2D eigenvalue weighted by atomic mass is 35.5. The summed E-state index contributed by atoms with van der Waals surface area (Å²) in [4.78, 5) is 4.01. The van der Waals surface area contributed by atoms with Crippen molar-refractivity contribution in [2.45, 2.75) is 33.1 Å². The van der Waals surface area contributed by atoms with Crippen LogP contribution in [-0.4, -0.2) is 20.8 Å². The minimum atomic E-state index is -0.698. The van der Waals surface area contributed by atoms with Gasteiger partial charge in [-0.2, -0.15) is 0 Å². The van der Waals surface area contributed by atoms with Gasteiger partial charge in [0.05, 0.1) is 6.33 Å². The molecule has 0 amide bonds. The van der Waals surface area contributed by atoms with E-state index in [2.05, 4.69) is 4.98 Å². The molecule has 1 heterocycles. The van der Waals surface area contributed by atoms with Crippen molar-refractivity contribution in [1.29, 1.82) is 0 Å². The number of hydrogen-bond donors (Lipinski definition) is 1. The molecule has 4 nitrogen and oxygen atoms in total. The van der Waals surface area contributed by atoms with Gasteiger partial charge in [-0.25, -0.2) is 4.98 Å². The Morgan fingerprint density at radius 2 is 2.10 bits per heavy atom. The Morgan fingerprint density at radius 1 is 1.35 bits per heavy atom. The minimum Gasteiger partial charge on any atom is -0.467 e. The van der Waals surface area contributed by atoms with Gasteiger partial charge in [-0.1, -0.05) is 38.4 Å². The van der Waals surface area contributed by atoms with Gasteiger partial charge in [-0.05, 0) is 23.6 Å². The van der Waals surface area contributed by atoms with Crippen molar-refractivity contribution < 1.29 is 9.84 Å². The molecule has 2 rings (SSSR count). The summed E-state index contributed by atoms with van der Waals surface area (Å²) in [6, 6.07) is 7.12. The molecule has 0 aliphatic heterocycles. The topological polar surface area (TPSA) is 47.3 Å². The zero-order valence-electron chi connectivity index (χ0n) is 11.8. The van der Waals surface area contributed by atoms with Crippen LogP contribution < -0.4 is 4.74 Å². The average molecular weight is 295 g/mol. The molecule has 2 atom stereocenters.